The van der Waals surface area contributed by atoms with Gasteiger partial charge in [-0.3, -0.25) is 4.79 Å². The van der Waals surface area contributed by atoms with Crippen molar-refractivity contribution in [3.8, 4) is 0 Å². The maximum atomic E-state index is 11.6. The lowest BCUT2D eigenvalue weighted by atomic mass is 10.0. The summed E-state index contributed by atoms with van der Waals surface area (Å²) >= 11 is 1.55. The van der Waals surface area contributed by atoms with E-state index >= 15 is 0 Å². The molecular weight excluding hydrogens is 240 g/mol. The van der Waals surface area contributed by atoms with E-state index in [0.29, 0.717) is 12.2 Å². The van der Waals surface area contributed by atoms with Crippen LogP contribution in [0.25, 0.3) is 0 Å². The lowest BCUT2D eigenvalue weighted by Gasteiger charge is -2.18. The molecule has 0 aromatic rings. The Hall–Kier alpha value is -0.750. The van der Waals surface area contributed by atoms with Crippen LogP contribution < -0.4 is 11.1 Å². The number of thioether (sulfide) groups is 1. The summed E-state index contributed by atoms with van der Waals surface area (Å²) in [7, 11) is 0. The fraction of sp³-hybridized carbons (Fsp3) is 0.818. The third kappa shape index (κ3) is 7.23. The smallest absolute Gasteiger partial charge is 0.326 e. The largest absolute Gasteiger partial charge is 0.480 e. The summed E-state index contributed by atoms with van der Waals surface area (Å²) in [5.74, 6) is -0.381. The van der Waals surface area contributed by atoms with Crippen LogP contribution in [0.3, 0.4) is 0 Å². The van der Waals surface area contributed by atoms with Gasteiger partial charge in [-0.05, 0) is 24.3 Å². The highest BCUT2D eigenvalue weighted by atomic mass is 32.2. The number of aliphatic carboxylic acids is 1. The second-order valence-corrected chi connectivity index (χ2v) is 5.34. The Morgan fingerprint density at radius 2 is 2.00 bits per heavy atom. The number of rotatable bonds is 8. The summed E-state index contributed by atoms with van der Waals surface area (Å²) in [4.78, 5) is 22.5. The van der Waals surface area contributed by atoms with Crippen molar-refractivity contribution in [1.29, 1.82) is 0 Å². The highest BCUT2D eigenvalue weighted by Gasteiger charge is 2.21. The van der Waals surface area contributed by atoms with Gasteiger partial charge in [0.2, 0.25) is 5.91 Å². The molecule has 0 aliphatic heterocycles. The van der Waals surface area contributed by atoms with E-state index in [2.05, 4.69) is 5.32 Å². The first kappa shape index (κ1) is 16.2. The molecule has 6 heteroatoms. The molecule has 17 heavy (non-hydrogen) atoms. The zero-order valence-corrected chi connectivity index (χ0v) is 11.4. The van der Waals surface area contributed by atoms with Crippen LogP contribution in [0.2, 0.25) is 0 Å². The van der Waals surface area contributed by atoms with E-state index in [-0.39, 0.29) is 24.3 Å². The SMILES string of the molecule is CSCC[C@@H](NC(=O)CC(N)C(C)C)C(=O)O. The van der Waals surface area contributed by atoms with Crippen LogP contribution in [0, 0.1) is 5.92 Å². The van der Waals surface area contributed by atoms with Crippen LogP contribution >= 0.6 is 11.8 Å². The van der Waals surface area contributed by atoms with Crippen molar-refractivity contribution in [3.05, 3.63) is 0 Å². The van der Waals surface area contributed by atoms with Gasteiger partial charge in [0.1, 0.15) is 6.04 Å². The summed E-state index contributed by atoms with van der Waals surface area (Å²) in [5, 5.41) is 11.4. The number of carbonyl (C=O) groups is 2. The first-order valence-corrected chi connectivity index (χ1v) is 7.04. The molecule has 1 unspecified atom stereocenters. The van der Waals surface area contributed by atoms with Gasteiger partial charge in [-0.25, -0.2) is 4.79 Å². The van der Waals surface area contributed by atoms with Gasteiger partial charge >= 0.3 is 5.97 Å². The van der Waals surface area contributed by atoms with E-state index in [1.807, 2.05) is 20.1 Å². The second kappa shape index (κ2) is 8.36. The van der Waals surface area contributed by atoms with Crippen molar-refractivity contribution in [2.75, 3.05) is 12.0 Å². The topological polar surface area (TPSA) is 92.4 Å². The second-order valence-electron chi connectivity index (χ2n) is 4.35. The van der Waals surface area contributed by atoms with E-state index < -0.39 is 12.0 Å². The molecule has 0 aliphatic rings. The Kier molecular flexibility index (Phi) is 7.99. The number of carboxylic acid groups (broad SMARTS) is 1. The van der Waals surface area contributed by atoms with Crippen molar-refractivity contribution in [3.63, 3.8) is 0 Å². The summed E-state index contributed by atoms with van der Waals surface area (Å²) in [5.41, 5.74) is 5.76. The van der Waals surface area contributed by atoms with Gasteiger partial charge in [0, 0.05) is 12.5 Å². The Balaban J connectivity index is 4.16. The molecule has 4 N–H and O–H groups in total. The Bertz CT molecular complexity index is 259. The lowest BCUT2D eigenvalue weighted by Crippen LogP contribution is -2.44. The number of hydrogen-bond acceptors (Lipinski definition) is 4. The number of carbonyl (C=O) groups excluding carboxylic acids is 1. The molecular formula is C11H22N2O3S. The van der Waals surface area contributed by atoms with Crippen LogP contribution in [-0.2, 0) is 9.59 Å². The minimum atomic E-state index is -0.995. The fourth-order valence-corrected chi connectivity index (χ4v) is 1.67. The van der Waals surface area contributed by atoms with E-state index in [9.17, 15) is 9.59 Å². The van der Waals surface area contributed by atoms with Crippen LogP contribution in [0.5, 0.6) is 0 Å². The summed E-state index contributed by atoms with van der Waals surface area (Å²) in [6, 6.07) is -1.04. The maximum absolute atomic E-state index is 11.6. The zero-order valence-electron chi connectivity index (χ0n) is 10.6. The third-order valence-corrected chi connectivity index (χ3v) is 3.17. The average Bonchev–Trinajstić information content (AvgIpc) is 2.23. The molecule has 0 heterocycles. The summed E-state index contributed by atoms with van der Waals surface area (Å²) in [6.45, 7) is 3.86. The number of nitrogens with two attached hydrogens (primary N) is 1. The maximum Gasteiger partial charge on any atom is 0.326 e. The van der Waals surface area contributed by atoms with Crippen molar-refractivity contribution in [2.45, 2.75) is 38.8 Å². The quantitative estimate of drug-likeness (QED) is 0.598. The summed E-state index contributed by atoms with van der Waals surface area (Å²) < 4.78 is 0. The molecule has 0 aliphatic carbocycles. The predicted molar refractivity (Wildman–Crippen MR) is 70.0 cm³/mol. The molecule has 1 amide bonds. The highest BCUT2D eigenvalue weighted by Crippen LogP contribution is 2.05. The molecule has 0 rings (SSSR count). The first-order valence-electron chi connectivity index (χ1n) is 5.65. The molecule has 0 saturated heterocycles. The van der Waals surface area contributed by atoms with Gasteiger partial charge in [0.15, 0.2) is 0 Å². The van der Waals surface area contributed by atoms with Crippen LogP contribution in [0.15, 0.2) is 0 Å². The molecule has 2 atom stereocenters. The van der Waals surface area contributed by atoms with Crippen molar-refractivity contribution < 1.29 is 14.7 Å². The van der Waals surface area contributed by atoms with Gasteiger partial charge in [0.25, 0.3) is 0 Å². The predicted octanol–water partition coefficient (Wildman–Crippen LogP) is 0.682. The molecule has 0 bridgehead atoms. The Labute approximate surface area is 107 Å². The monoisotopic (exact) mass is 262 g/mol. The normalized spacial score (nSPS) is 14.4. The van der Waals surface area contributed by atoms with E-state index in [0.717, 1.165) is 0 Å². The van der Waals surface area contributed by atoms with Crippen molar-refractivity contribution >= 4 is 23.6 Å². The molecule has 0 aromatic heterocycles. The fourth-order valence-electron chi connectivity index (χ4n) is 1.20. The molecule has 0 saturated carbocycles. The number of nitrogens with one attached hydrogen (secondary N) is 1. The Morgan fingerprint density at radius 3 is 2.41 bits per heavy atom. The minimum absolute atomic E-state index is 0.167. The summed E-state index contributed by atoms with van der Waals surface area (Å²) in [6.07, 6.45) is 2.50. The minimum Gasteiger partial charge on any atom is -0.480 e. The number of hydrogen-bond donors (Lipinski definition) is 3. The lowest BCUT2D eigenvalue weighted by molar-refractivity contribution is -0.141. The van der Waals surface area contributed by atoms with E-state index in [4.69, 9.17) is 10.8 Å². The highest BCUT2D eigenvalue weighted by molar-refractivity contribution is 7.98. The van der Waals surface area contributed by atoms with Gasteiger partial charge in [0.05, 0.1) is 0 Å². The molecule has 0 spiro atoms. The number of amides is 1. The third-order valence-electron chi connectivity index (χ3n) is 2.52. The molecule has 0 radical (unpaired) electrons. The Morgan fingerprint density at radius 1 is 1.41 bits per heavy atom. The standard InChI is InChI=1S/C11H22N2O3S/c1-7(2)8(12)6-10(14)13-9(11(15)16)4-5-17-3/h7-9H,4-6,12H2,1-3H3,(H,13,14)(H,15,16)/t8?,9-/m1/s1. The molecule has 0 aromatic carbocycles. The van der Waals surface area contributed by atoms with Crippen LogP contribution in [-0.4, -0.2) is 41.1 Å². The van der Waals surface area contributed by atoms with Gasteiger partial charge in [-0.15, -0.1) is 0 Å². The van der Waals surface area contributed by atoms with Gasteiger partial charge in [-0.1, -0.05) is 13.8 Å². The molecule has 0 fully saturated rings. The van der Waals surface area contributed by atoms with Crippen molar-refractivity contribution in [1.82, 2.24) is 5.32 Å². The van der Waals surface area contributed by atoms with Crippen LogP contribution in [0.4, 0.5) is 0 Å². The molecule has 100 valence electrons. The van der Waals surface area contributed by atoms with E-state index in [1.54, 1.807) is 11.8 Å². The zero-order chi connectivity index (χ0) is 13.4. The number of carboxylic acids is 1. The van der Waals surface area contributed by atoms with Crippen molar-refractivity contribution in [2.24, 2.45) is 11.7 Å². The van der Waals surface area contributed by atoms with Gasteiger partial charge < -0.3 is 16.2 Å². The van der Waals surface area contributed by atoms with Crippen LogP contribution in [0.1, 0.15) is 26.7 Å². The molecule has 5 nitrogen and oxygen atoms in total. The average molecular weight is 262 g/mol. The van der Waals surface area contributed by atoms with Gasteiger partial charge in [-0.2, -0.15) is 11.8 Å². The first-order chi connectivity index (χ1) is 7.88. The van der Waals surface area contributed by atoms with E-state index in [1.165, 1.54) is 0 Å².